The molecule has 0 atom stereocenters. The third-order valence-corrected chi connectivity index (χ3v) is 3.58. The third-order valence-electron chi connectivity index (χ3n) is 3.58. The fourth-order valence-corrected chi connectivity index (χ4v) is 2.35. The zero-order valence-electron chi connectivity index (χ0n) is 13.2. The number of aromatic nitrogens is 4. The van der Waals surface area contributed by atoms with E-state index in [-0.39, 0.29) is 5.91 Å². The van der Waals surface area contributed by atoms with E-state index in [1.807, 2.05) is 31.8 Å². The molecule has 6 heteroatoms. The standard InChI is InChI=1S/C15H23N5O/c1-5-7-8-20-10-12(11(3)18-20)15(21)17-13-9-16-19(4)14(13)6-2/h9-10H,5-8H2,1-4H3,(H,17,21). The number of unbranched alkanes of at least 4 members (excludes halogenated alkanes) is 1. The monoisotopic (exact) mass is 289 g/mol. The average Bonchev–Trinajstić information content (AvgIpc) is 2.99. The number of carbonyl (C=O) groups excluding carboxylic acids is 1. The predicted molar refractivity (Wildman–Crippen MR) is 82.4 cm³/mol. The van der Waals surface area contributed by atoms with Crippen molar-refractivity contribution >= 4 is 11.6 Å². The molecule has 0 aromatic carbocycles. The molecule has 21 heavy (non-hydrogen) atoms. The van der Waals surface area contributed by atoms with Gasteiger partial charge in [-0.15, -0.1) is 0 Å². The Morgan fingerprint density at radius 2 is 2.14 bits per heavy atom. The van der Waals surface area contributed by atoms with Crippen molar-refractivity contribution in [2.24, 2.45) is 7.05 Å². The van der Waals surface area contributed by atoms with E-state index in [9.17, 15) is 4.79 Å². The molecule has 2 rings (SSSR count). The summed E-state index contributed by atoms with van der Waals surface area (Å²) in [5.41, 5.74) is 3.16. The maximum Gasteiger partial charge on any atom is 0.259 e. The van der Waals surface area contributed by atoms with Crippen molar-refractivity contribution in [3.63, 3.8) is 0 Å². The highest BCUT2D eigenvalue weighted by Crippen LogP contribution is 2.17. The van der Waals surface area contributed by atoms with Crippen molar-refractivity contribution in [3.8, 4) is 0 Å². The van der Waals surface area contributed by atoms with Crippen LogP contribution in [-0.2, 0) is 20.0 Å². The number of carbonyl (C=O) groups is 1. The van der Waals surface area contributed by atoms with Crippen LogP contribution in [0.5, 0.6) is 0 Å². The normalized spacial score (nSPS) is 10.9. The highest BCUT2D eigenvalue weighted by atomic mass is 16.1. The van der Waals surface area contributed by atoms with E-state index < -0.39 is 0 Å². The average molecular weight is 289 g/mol. The summed E-state index contributed by atoms with van der Waals surface area (Å²) in [5, 5.41) is 11.5. The van der Waals surface area contributed by atoms with Gasteiger partial charge in [-0.2, -0.15) is 10.2 Å². The van der Waals surface area contributed by atoms with Crippen LogP contribution in [0.4, 0.5) is 5.69 Å². The molecule has 0 saturated carbocycles. The van der Waals surface area contributed by atoms with Crippen LogP contribution in [0, 0.1) is 6.92 Å². The van der Waals surface area contributed by atoms with Crippen molar-refractivity contribution < 1.29 is 4.79 Å². The summed E-state index contributed by atoms with van der Waals surface area (Å²) >= 11 is 0. The molecule has 2 aromatic rings. The number of amides is 1. The second-order valence-electron chi connectivity index (χ2n) is 5.18. The lowest BCUT2D eigenvalue weighted by Crippen LogP contribution is -2.13. The first kappa shape index (κ1) is 15.3. The molecule has 1 N–H and O–H groups in total. The minimum Gasteiger partial charge on any atom is -0.319 e. The molecule has 0 aliphatic rings. The fourth-order valence-electron chi connectivity index (χ4n) is 2.35. The number of hydrogen-bond donors (Lipinski definition) is 1. The van der Waals surface area contributed by atoms with Crippen LogP contribution in [0.2, 0.25) is 0 Å². The number of nitrogens with one attached hydrogen (secondary N) is 1. The zero-order chi connectivity index (χ0) is 15.4. The lowest BCUT2D eigenvalue weighted by atomic mass is 10.2. The summed E-state index contributed by atoms with van der Waals surface area (Å²) in [6.07, 6.45) is 6.50. The molecule has 0 fully saturated rings. The van der Waals surface area contributed by atoms with E-state index in [4.69, 9.17) is 0 Å². The van der Waals surface area contributed by atoms with Crippen LogP contribution >= 0.6 is 0 Å². The van der Waals surface area contributed by atoms with Gasteiger partial charge in [-0.25, -0.2) is 0 Å². The number of rotatable bonds is 6. The van der Waals surface area contributed by atoms with Crippen LogP contribution in [0.25, 0.3) is 0 Å². The van der Waals surface area contributed by atoms with Gasteiger partial charge >= 0.3 is 0 Å². The predicted octanol–water partition coefficient (Wildman–Crippen LogP) is 2.54. The van der Waals surface area contributed by atoms with Crippen molar-refractivity contribution in [1.82, 2.24) is 19.6 Å². The fraction of sp³-hybridized carbons (Fsp3) is 0.533. The molecule has 0 aliphatic carbocycles. The Morgan fingerprint density at radius 1 is 1.38 bits per heavy atom. The first-order valence-electron chi connectivity index (χ1n) is 7.43. The van der Waals surface area contributed by atoms with Crippen molar-refractivity contribution in [3.05, 3.63) is 29.3 Å². The minimum atomic E-state index is -0.127. The molecule has 1 amide bonds. The molecule has 2 aromatic heterocycles. The van der Waals surface area contributed by atoms with Crippen LogP contribution in [0.15, 0.2) is 12.4 Å². The second kappa shape index (κ2) is 6.56. The molecule has 0 saturated heterocycles. The van der Waals surface area contributed by atoms with Gasteiger partial charge in [0, 0.05) is 19.8 Å². The first-order chi connectivity index (χ1) is 10.1. The molecule has 0 radical (unpaired) electrons. The third kappa shape index (κ3) is 3.32. The van der Waals surface area contributed by atoms with Crippen molar-refractivity contribution in [2.75, 3.05) is 5.32 Å². The molecule has 2 heterocycles. The Labute approximate surface area is 125 Å². The summed E-state index contributed by atoms with van der Waals surface area (Å²) in [4.78, 5) is 12.4. The Hall–Kier alpha value is -2.11. The number of aryl methyl sites for hydroxylation is 3. The SMILES string of the molecule is CCCCn1cc(C(=O)Nc2cnn(C)c2CC)c(C)n1. The highest BCUT2D eigenvalue weighted by Gasteiger charge is 2.16. The van der Waals surface area contributed by atoms with Gasteiger partial charge < -0.3 is 5.32 Å². The number of nitrogens with zero attached hydrogens (tertiary/aromatic N) is 4. The maximum atomic E-state index is 12.4. The zero-order valence-corrected chi connectivity index (χ0v) is 13.2. The van der Waals surface area contributed by atoms with Gasteiger partial charge in [-0.05, 0) is 19.8 Å². The van der Waals surface area contributed by atoms with E-state index in [2.05, 4.69) is 22.4 Å². The van der Waals surface area contributed by atoms with E-state index in [0.717, 1.165) is 42.9 Å². The quantitative estimate of drug-likeness (QED) is 0.888. The van der Waals surface area contributed by atoms with E-state index in [1.54, 1.807) is 10.9 Å². The number of anilines is 1. The van der Waals surface area contributed by atoms with E-state index in [1.165, 1.54) is 0 Å². The van der Waals surface area contributed by atoms with Crippen LogP contribution in [0.1, 0.15) is 48.4 Å². The molecule has 6 nitrogen and oxygen atoms in total. The summed E-state index contributed by atoms with van der Waals surface area (Å²) in [7, 11) is 1.88. The van der Waals surface area contributed by atoms with Gasteiger partial charge in [0.05, 0.1) is 28.8 Å². The van der Waals surface area contributed by atoms with Gasteiger partial charge in [-0.3, -0.25) is 14.2 Å². The Kier molecular flexibility index (Phi) is 4.77. The summed E-state index contributed by atoms with van der Waals surface area (Å²) in [5.74, 6) is -0.127. The minimum absolute atomic E-state index is 0.127. The van der Waals surface area contributed by atoms with Crippen molar-refractivity contribution in [1.29, 1.82) is 0 Å². The molecule has 0 aliphatic heterocycles. The van der Waals surface area contributed by atoms with Gasteiger partial charge in [0.1, 0.15) is 0 Å². The summed E-state index contributed by atoms with van der Waals surface area (Å²) < 4.78 is 3.63. The largest absolute Gasteiger partial charge is 0.319 e. The van der Waals surface area contributed by atoms with Gasteiger partial charge in [0.15, 0.2) is 0 Å². The van der Waals surface area contributed by atoms with Gasteiger partial charge in [0.25, 0.3) is 5.91 Å². The van der Waals surface area contributed by atoms with Gasteiger partial charge in [0.2, 0.25) is 0 Å². The lowest BCUT2D eigenvalue weighted by Gasteiger charge is -2.05. The summed E-state index contributed by atoms with van der Waals surface area (Å²) in [6.45, 7) is 6.89. The van der Waals surface area contributed by atoms with E-state index in [0.29, 0.717) is 5.56 Å². The second-order valence-corrected chi connectivity index (χ2v) is 5.18. The molecular weight excluding hydrogens is 266 g/mol. The lowest BCUT2D eigenvalue weighted by molar-refractivity contribution is 0.102. The topological polar surface area (TPSA) is 64.7 Å². The van der Waals surface area contributed by atoms with Crippen molar-refractivity contribution in [2.45, 2.75) is 46.6 Å². The van der Waals surface area contributed by atoms with Crippen LogP contribution in [0.3, 0.4) is 0 Å². The smallest absolute Gasteiger partial charge is 0.259 e. The summed E-state index contributed by atoms with van der Waals surface area (Å²) in [6, 6.07) is 0. The molecule has 0 bridgehead atoms. The molecule has 0 unspecified atom stereocenters. The van der Waals surface area contributed by atoms with Crippen LogP contribution < -0.4 is 5.32 Å². The maximum absolute atomic E-state index is 12.4. The highest BCUT2D eigenvalue weighted by molar-refractivity contribution is 6.05. The van der Waals surface area contributed by atoms with E-state index >= 15 is 0 Å². The first-order valence-corrected chi connectivity index (χ1v) is 7.43. The van der Waals surface area contributed by atoms with Crippen LogP contribution in [-0.4, -0.2) is 25.5 Å². The Bertz CT molecular complexity index is 626. The molecule has 114 valence electrons. The molecular formula is C15H23N5O. The molecule has 0 spiro atoms. The van der Waals surface area contributed by atoms with Gasteiger partial charge in [-0.1, -0.05) is 20.3 Å². The number of hydrogen-bond acceptors (Lipinski definition) is 3. The Balaban J connectivity index is 2.14. The Morgan fingerprint density at radius 3 is 2.81 bits per heavy atom.